The number of nitrogens with two attached hydrogens (primary N) is 1. The molecule has 2 bridgehead atoms. The van der Waals surface area contributed by atoms with Crippen LogP contribution in [0, 0.1) is 12.7 Å². The molecule has 20 heteroatoms. The van der Waals surface area contributed by atoms with Crippen molar-refractivity contribution in [1.82, 2.24) is 48.3 Å². The monoisotopic (exact) mass is 1010 g/mol. The number of aryl methyl sites for hydroxylation is 1. The van der Waals surface area contributed by atoms with Gasteiger partial charge in [0.25, 0.3) is 5.91 Å². The van der Waals surface area contributed by atoms with Crippen LogP contribution < -0.4 is 11.4 Å². The lowest BCUT2D eigenvalue weighted by molar-refractivity contribution is 0.00293. The maximum atomic E-state index is 15.0. The van der Waals surface area contributed by atoms with Crippen molar-refractivity contribution in [3.8, 4) is 5.69 Å². The Hall–Kier alpha value is -6.11. The smallest absolute Gasteiger partial charge is 0.410 e. The van der Waals surface area contributed by atoms with E-state index >= 15 is 0 Å². The standard InChI is InChI=1S/C41H40Cl2FN9O4.C10H20N2O2/c1-22-34-36(48-38(43)47-22)53(28-17-25-9-10-26(18-28)51(25)40(56)57-41(2,3)4)39(55)52(34)27-11-12-32(46-19-27)37(54)49-15-13-29-30-6-5-14-45-35(30)50(33(29)21-49)20-23-7-8-24(42)16-31(23)44;1-3-5-10(2)7-8(11)4-6-12(10)9(13)14/h5-8,11-12,14,16,19,25-26,28H,9-10,13,15,17-18,20-21H2,1-4H3;8H,3-7,11H2,1-2H3,(H,13,14). The summed E-state index contributed by atoms with van der Waals surface area (Å²) in [5.74, 6) is -0.687. The van der Waals surface area contributed by atoms with Crippen molar-refractivity contribution in [3.05, 3.63) is 110 Å². The Morgan fingerprint density at radius 3 is 2.39 bits per heavy atom. The predicted molar refractivity (Wildman–Crippen MR) is 268 cm³/mol. The number of carboxylic acid groups (broad SMARTS) is 1. The van der Waals surface area contributed by atoms with Gasteiger partial charge in [0.2, 0.25) is 5.28 Å². The quantitative estimate of drug-likeness (QED) is 0.145. The molecule has 4 aliphatic heterocycles. The number of ether oxygens (including phenoxy) is 1. The number of aromatic nitrogens is 7. The van der Waals surface area contributed by atoms with Gasteiger partial charge in [0.1, 0.15) is 28.3 Å². The van der Waals surface area contributed by atoms with E-state index in [1.54, 1.807) is 51.8 Å². The maximum absolute atomic E-state index is 15.0. The number of rotatable bonds is 7. The molecule has 5 aromatic heterocycles. The maximum Gasteiger partial charge on any atom is 0.410 e. The average Bonchev–Trinajstić information content (AvgIpc) is 3.89. The Bertz CT molecular complexity index is 3080. The van der Waals surface area contributed by atoms with Crippen molar-refractivity contribution in [2.45, 2.75) is 148 Å². The first kappa shape index (κ1) is 49.9. The number of likely N-dealkylation sites (tertiary alicyclic amines) is 1. The largest absolute Gasteiger partial charge is 0.465 e. The Labute approximate surface area is 420 Å². The van der Waals surface area contributed by atoms with Crippen LogP contribution in [-0.4, -0.2) is 114 Å². The highest BCUT2D eigenvalue weighted by Gasteiger charge is 2.46. The molecule has 4 unspecified atom stereocenters. The molecule has 3 fully saturated rings. The molecule has 10 rings (SSSR count). The van der Waals surface area contributed by atoms with E-state index in [0.717, 1.165) is 60.8 Å². The first-order valence-electron chi connectivity index (χ1n) is 24.3. The highest BCUT2D eigenvalue weighted by Crippen LogP contribution is 2.42. The molecule has 0 aliphatic carbocycles. The molecule has 3 saturated heterocycles. The molecule has 0 radical (unpaired) electrons. The molecule has 17 nitrogen and oxygen atoms in total. The highest BCUT2D eigenvalue weighted by atomic mass is 35.5. The molecule has 0 saturated carbocycles. The minimum Gasteiger partial charge on any atom is -0.465 e. The lowest BCUT2D eigenvalue weighted by atomic mass is 9.82. The number of carbonyl (C=O) groups is 3. The van der Waals surface area contributed by atoms with Crippen LogP contribution in [0.1, 0.15) is 125 Å². The number of hydrogen-bond donors (Lipinski definition) is 2. The van der Waals surface area contributed by atoms with Crippen LogP contribution in [0.4, 0.5) is 14.0 Å². The topological polar surface area (TPSA) is 200 Å². The second-order valence-corrected chi connectivity index (χ2v) is 21.3. The Balaban J connectivity index is 0.000000386. The number of imidazole rings is 1. The van der Waals surface area contributed by atoms with Crippen molar-refractivity contribution in [2.75, 3.05) is 13.1 Å². The minimum absolute atomic E-state index is 0.0249. The lowest BCUT2D eigenvalue weighted by Crippen LogP contribution is -2.57. The van der Waals surface area contributed by atoms with Gasteiger partial charge < -0.3 is 34.8 Å². The first-order valence-corrected chi connectivity index (χ1v) is 25.1. The number of hydrogen-bond acceptors (Lipinski definition) is 10. The summed E-state index contributed by atoms with van der Waals surface area (Å²) in [5, 5.41) is 10.4. The molecule has 71 heavy (non-hydrogen) atoms. The van der Waals surface area contributed by atoms with E-state index in [1.807, 2.05) is 49.3 Å². The summed E-state index contributed by atoms with van der Waals surface area (Å²) in [6.45, 7) is 13.0. The number of fused-ring (bicyclic) bond motifs is 6. The second-order valence-electron chi connectivity index (χ2n) is 20.6. The molecule has 3 N–H and O–H groups in total. The van der Waals surface area contributed by atoms with Crippen LogP contribution in [0.3, 0.4) is 0 Å². The van der Waals surface area contributed by atoms with E-state index in [0.29, 0.717) is 65.5 Å². The zero-order chi connectivity index (χ0) is 50.7. The van der Waals surface area contributed by atoms with E-state index < -0.39 is 17.5 Å². The molecule has 4 atom stereocenters. The fourth-order valence-electron chi connectivity index (χ4n) is 11.5. The number of benzene rings is 1. The third kappa shape index (κ3) is 9.69. The van der Waals surface area contributed by atoms with E-state index in [2.05, 4.69) is 26.9 Å². The summed E-state index contributed by atoms with van der Waals surface area (Å²) in [5.41, 5.74) is 9.90. The fraction of sp³-hybridized carbons (Fsp3) is 0.490. The Morgan fingerprint density at radius 2 is 1.73 bits per heavy atom. The van der Waals surface area contributed by atoms with Crippen LogP contribution in [-0.2, 0) is 24.2 Å². The number of amides is 3. The van der Waals surface area contributed by atoms with Crippen LogP contribution in [0.25, 0.3) is 27.9 Å². The highest BCUT2D eigenvalue weighted by molar-refractivity contribution is 6.30. The summed E-state index contributed by atoms with van der Waals surface area (Å²) in [7, 11) is 0. The van der Waals surface area contributed by atoms with E-state index in [9.17, 15) is 23.6 Å². The van der Waals surface area contributed by atoms with Crippen molar-refractivity contribution >= 4 is 63.5 Å². The van der Waals surface area contributed by atoms with Gasteiger partial charge in [-0.25, -0.2) is 33.7 Å². The van der Waals surface area contributed by atoms with Crippen molar-refractivity contribution in [1.29, 1.82) is 0 Å². The molecule has 6 aromatic rings. The van der Waals surface area contributed by atoms with Gasteiger partial charge in [-0.05, 0) is 140 Å². The number of piperidine rings is 2. The Kier molecular flexibility index (Phi) is 13.7. The SMILES string of the molecule is CCCC1(C)CC(N)CCN1C(=O)O.Cc1nc(Cl)nc2c1n(-c1ccc(C(=O)N3CCc4c(n(Cc5ccc(Cl)cc5F)c5ncccc45)C3)nc1)c(=O)n2C1CC2CCC(C1)N2C(=O)OC(C)(C)C. The number of carbonyl (C=O) groups excluding carboxylic acids is 2. The van der Waals surface area contributed by atoms with E-state index in [1.165, 1.54) is 16.8 Å². The summed E-state index contributed by atoms with van der Waals surface area (Å²) < 4.78 is 25.9. The van der Waals surface area contributed by atoms with Gasteiger partial charge in [-0.3, -0.25) is 13.9 Å². The first-order chi connectivity index (χ1) is 33.7. The molecule has 3 amide bonds. The summed E-state index contributed by atoms with van der Waals surface area (Å²) in [6, 6.07) is 11.6. The van der Waals surface area contributed by atoms with Crippen molar-refractivity contribution < 1.29 is 28.6 Å². The summed E-state index contributed by atoms with van der Waals surface area (Å²) in [4.78, 5) is 76.1. The van der Waals surface area contributed by atoms with Crippen LogP contribution >= 0.6 is 23.2 Å². The second kappa shape index (κ2) is 19.5. The normalized spacial score (nSPS) is 22.1. The summed E-state index contributed by atoms with van der Waals surface area (Å²) >= 11 is 12.4. The zero-order valence-corrected chi connectivity index (χ0v) is 42.4. The zero-order valence-electron chi connectivity index (χ0n) is 40.9. The molecule has 1 aromatic carbocycles. The van der Waals surface area contributed by atoms with Crippen molar-refractivity contribution in [2.24, 2.45) is 5.73 Å². The molecule has 0 spiro atoms. The van der Waals surface area contributed by atoms with Crippen LogP contribution in [0.5, 0.6) is 0 Å². The van der Waals surface area contributed by atoms with Gasteiger partial charge in [-0.15, -0.1) is 0 Å². The van der Waals surface area contributed by atoms with Crippen LogP contribution in [0.2, 0.25) is 10.3 Å². The minimum atomic E-state index is -0.812. The molecule has 376 valence electrons. The lowest BCUT2D eigenvalue weighted by Gasteiger charge is -2.45. The van der Waals surface area contributed by atoms with Gasteiger partial charge in [-0.2, -0.15) is 4.98 Å². The van der Waals surface area contributed by atoms with Gasteiger partial charge in [0.05, 0.1) is 30.7 Å². The third-order valence-corrected chi connectivity index (χ3v) is 14.9. The number of halogens is 3. The van der Waals surface area contributed by atoms with E-state index in [4.69, 9.17) is 38.8 Å². The Morgan fingerprint density at radius 1 is 0.986 bits per heavy atom. The molecular formula is C51H60Cl2FN11O6. The molecule has 4 aliphatic rings. The predicted octanol–water partition coefficient (Wildman–Crippen LogP) is 9.08. The van der Waals surface area contributed by atoms with E-state index in [-0.39, 0.29) is 71.5 Å². The van der Waals surface area contributed by atoms with Crippen molar-refractivity contribution in [3.63, 3.8) is 0 Å². The average molecular weight is 1010 g/mol. The third-order valence-electron chi connectivity index (χ3n) is 14.5. The molecule has 9 heterocycles. The number of pyridine rings is 2. The molecular weight excluding hydrogens is 953 g/mol. The van der Waals surface area contributed by atoms with Gasteiger partial charge in [0, 0.05) is 70.7 Å². The van der Waals surface area contributed by atoms with Crippen LogP contribution in [0.15, 0.2) is 59.7 Å². The summed E-state index contributed by atoms with van der Waals surface area (Å²) in [6.07, 6.45) is 8.88. The van der Waals surface area contributed by atoms with Gasteiger partial charge in [0.15, 0.2) is 5.65 Å². The number of nitrogens with zero attached hydrogens (tertiary/aromatic N) is 10. The fourth-order valence-corrected chi connectivity index (χ4v) is 11.8. The van der Waals surface area contributed by atoms with Gasteiger partial charge in [-0.1, -0.05) is 31.0 Å². The van der Waals surface area contributed by atoms with Gasteiger partial charge >= 0.3 is 17.9 Å².